The lowest BCUT2D eigenvalue weighted by atomic mass is 9.74. The Kier molecular flexibility index (Phi) is 6.97. The second-order valence-electron chi connectivity index (χ2n) is 8.12. The number of rotatable bonds is 8. The van der Waals surface area contributed by atoms with Crippen LogP contribution < -0.4 is 10.6 Å². The van der Waals surface area contributed by atoms with Crippen molar-refractivity contribution in [3.8, 4) is 0 Å². The van der Waals surface area contributed by atoms with Crippen LogP contribution in [0.4, 0.5) is 5.69 Å². The van der Waals surface area contributed by atoms with Gasteiger partial charge in [0.1, 0.15) is 0 Å². The molecule has 3 aromatic rings. The SMILES string of the molecule is O=C(CCn1ccnc1)Nc1cccc(C(=O)NCC2(c3ccccc3)CCOCC2)c1. The summed E-state index contributed by atoms with van der Waals surface area (Å²) in [5.74, 6) is -0.261. The minimum Gasteiger partial charge on any atom is -0.381 e. The topological polar surface area (TPSA) is 85.2 Å². The highest BCUT2D eigenvalue weighted by atomic mass is 16.5. The molecule has 0 atom stereocenters. The molecule has 1 fully saturated rings. The van der Waals surface area contributed by atoms with Crippen molar-refractivity contribution in [1.29, 1.82) is 0 Å². The van der Waals surface area contributed by atoms with Crippen molar-refractivity contribution in [3.05, 3.63) is 84.4 Å². The minimum absolute atomic E-state index is 0.110. The number of amides is 2. The van der Waals surface area contributed by atoms with Crippen molar-refractivity contribution in [2.24, 2.45) is 0 Å². The third-order valence-electron chi connectivity index (χ3n) is 5.99. The van der Waals surface area contributed by atoms with Crippen molar-refractivity contribution in [3.63, 3.8) is 0 Å². The first-order valence-corrected chi connectivity index (χ1v) is 10.9. The van der Waals surface area contributed by atoms with E-state index in [4.69, 9.17) is 4.74 Å². The second kappa shape index (κ2) is 10.2. The van der Waals surface area contributed by atoms with Gasteiger partial charge in [-0.15, -0.1) is 0 Å². The number of carbonyl (C=O) groups is 2. The van der Waals surface area contributed by atoms with Gasteiger partial charge in [-0.2, -0.15) is 0 Å². The van der Waals surface area contributed by atoms with Crippen LogP contribution in [0, 0.1) is 0 Å². The van der Waals surface area contributed by atoms with Crippen LogP contribution in [-0.4, -0.2) is 41.1 Å². The number of carbonyl (C=O) groups excluding carboxylic acids is 2. The summed E-state index contributed by atoms with van der Waals surface area (Å²) in [7, 11) is 0. The monoisotopic (exact) mass is 432 g/mol. The smallest absolute Gasteiger partial charge is 0.251 e. The van der Waals surface area contributed by atoms with Crippen molar-refractivity contribution >= 4 is 17.5 Å². The number of aryl methyl sites for hydroxylation is 1. The Morgan fingerprint density at radius 3 is 2.62 bits per heavy atom. The molecule has 0 unspecified atom stereocenters. The fourth-order valence-electron chi connectivity index (χ4n) is 4.08. The van der Waals surface area contributed by atoms with Gasteiger partial charge in [0.2, 0.25) is 5.91 Å². The third kappa shape index (κ3) is 5.42. The molecule has 166 valence electrons. The largest absolute Gasteiger partial charge is 0.381 e. The van der Waals surface area contributed by atoms with E-state index in [0.29, 0.717) is 44.0 Å². The predicted octanol–water partition coefficient (Wildman–Crippen LogP) is 3.39. The van der Waals surface area contributed by atoms with Gasteiger partial charge in [-0.05, 0) is 36.6 Å². The van der Waals surface area contributed by atoms with Crippen LogP contribution in [0.2, 0.25) is 0 Å². The van der Waals surface area contributed by atoms with E-state index in [0.717, 1.165) is 12.8 Å². The van der Waals surface area contributed by atoms with E-state index in [1.807, 2.05) is 29.0 Å². The Hall–Kier alpha value is -3.45. The summed E-state index contributed by atoms with van der Waals surface area (Å²) in [6.45, 7) is 2.47. The zero-order valence-corrected chi connectivity index (χ0v) is 18.0. The summed E-state index contributed by atoms with van der Waals surface area (Å²) in [5.41, 5.74) is 2.22. The van der Waals surface area contributed by atoms with E-state index in [1.165, 1.54) is 5.56 Å². The molecule has 0 spiro atoms. The Morgan fingerprint density at radius 2 is 1.88 bits per heavy atom. The summed E-state index contributed by atoms with van der Waals surface area (Å²) in [5, 5.41) is 5.98. The summed E-state index contributed by atoms with van der Waals surface area (Å²) in [4.78, 5) is 29.1. The zero-order valence-electron chi connectivity index (χ0n) is 18.0. The number of ether oxygens (including phenoxy) is 1. The quantitative estimate of drug-likeness (QED) is 0.571. The minimum atomic E-state index is -0.152. The Labute approximate surface area is 187 Å². The molecule has 4 rings (SSSR count). The van der Waals surface area contributed by atoms with Gasteiger partial charge >= 0.3 is 0 Å². The predicted molar refractivity (Wildman–Crippen MR) is 122 cm³/mol. The lowest BCUT2D eigenvalue weighted by molar-refractivity contribution is -0.116. The van der Waals surface area contributed by atoms with E-state index in [2.05, 4.69) is 27.8 Å². The number of aromatic nitrogens is 2. The van der Waals surface area contributed by atoms with Crippen molar-refractivity contribution < 1.29 is 14.3 Å². The summed E-state index contributed by atoms with van der Waals surface area (Å²) >= 11 is 0. The van der Waals surface area contributed by atoms with E-state index in [1.54, 1.807) is 36.8 Å². The lowest BCUT2D eigenvalue weighted by Gasteiger charge is -2.38. The van der Waals surface area contributed by atoms with Gasteiger partial charge in [0.15, 0.2) is 0 Å². The van der Waals surface area contributed by atoms with Gasteiger partial charge in [0.05, 0.1) is 6.33 Å². The van der Waals surface area contributed by atoms with Crippen LogP contribution in [0.25, 0.3) is 0 Å². The number of imidazole rings is 1. The first kappa shape index (κ1) is 21.8. The van der Waals surface area contributed by atoms with E-state index < -0.39 is 0 Å². The molecule has 1 aliphatic heterocycles. The standard InChI is InChI=1S/C25H28N4O3/c30-23(9-13-29-14-12-26-19-29)28-22-8-4-5-20(17-22)24(31)27-18-25(10-15-32-16-11-25)21-6-2-1-3-7-21/h1-8,12,14,17,19H,9-11,13,15-16,18H2,(H,27,31)(H,28,30). The van der Waals surface area contributed by atoms with Crippen LogP contribution in [0.15, 0.2) is 73.3 Å². The fraction of sp³-hybridized carbons (Fsp3) is 0.320. The Bertz CT molecular complexity index is 1030. The maximum Gasteiger partial charge on any atom is 0.251 e. The first-order valence-electron chi connectivity index (χ1n) is 10.9. The molecule has 1 saturated heterocycles. The Morgan fingerprint density at radius 1 is 1.06 bits per heavy atom. The van der Waals surface area contributed by atoms with Gasteiger partial charge in [-0.1, -0.05) is 36.4 Å². The zero-order chi connectivity index (χ0) is 22.2. The number of nitrogens with one attached hydrogen (secondary N) is 2. The molecule has 2 heterocycles. The van der Waals surface area contributed by atoms with Crippen LogP contribution in [0.1, 0.15) is 35.2 Å². The highest BCUT2D eigenvalue weighted by Crippen LogP contribution is 2.34. The van der Waals surface area contributed by atoms with Crippen LogP contribution in [0.5, 0.6) is 0 Å². The molecule has 2 N–H and O–H groups in total. The molecule has 2 aromatic carbocycles. The molecular weight excluding hydrogens is 404 g/mol. The summed E-state index contributed by atoms with van der Waals surface area (Å²) in [6, 6.07) is 17.4. The summed E-state index contributed by atoms with van der Waals surface area (Å²) in [6.07, 6.45) is 7.24. The van der Waals surface area contributed by atoms with Crippen LogP contribution in [-0.2, 0) is 21.5 Å². The highest BCUT2D eigenvalue weighted by molar-refractivity contribution is 5.97. The third-order valence-corrected chi connectivity index (χ3v) is 5.99. The normalized spacial score (nSPS) is 15.1. The molecule has 1 aliphatic rings. The van der Waals surface area contributed by atoms with E-state index in [9.17, 15) is 9.59 Å². The van der Waals surface area contributed by atoms with E-state index >= 15 is 0 Å². The van der Waals surface area contributed by atoms with Gasteiger partial charge in [0, 0.05) is 61.8 Å². The maximum absolute atomic E-state index is 12.9. The van der Waals surface area contributed by atoms with Crippen LogP contribution in [0.3, 0.4) is 0 Å². The van der Waals surface area contributed by atoms with Crippen molar-refractivity contribution in [2.75, 3.05) is 25.1 Å². The van der Waals surface area contributed by atoms with Gasteiger partial charge < -0.3 is 19.9 Å². The number of anilines is 1. The second-order valence-corrected chi connectivity index (χ2v) is 8.12. The molecule has 0 bridgehead atoms. The average molecular weight is 433 g/mol. The molecule has 7 nitrogen and oxygen atoms in total. The maximum atomic E-state index is 12.9. The van der Waals surface area contributed by atoms with Crippen molar-refractivity contribution in [2.45, 2.75) is 31.2 Å². The highest BCUT2D eigenvalue weighted by Gasteiger charge is 2.34. The molecular formula is C25H28N4O3. The molecule has 32 heavy (non-hydrogen) atoms. The molecule has 0 aliphatic carbocycles. The number of nitrogens with zero attached hydrogens (tertiary/aromatic N) is 2. The molecule has 7 heteroatoms. The molecule has 1 aromatic heterocycles. The number of hydrogen-bond acceptors (Lipinski definition) is 4. The number of hydrogen-bond donors (Lipinski definition) is 2. The van der Waals surface area contributed by atoms with Crippen LogP contribution >= 0.6 is 0 Å². The van der Waals surface area contributed by atoms with Gasteiger partial charge in [-0.25, -0.2) is 4.98 Å². The first-order chi connectivity index (χ1) is 15.6. The Balaban J connectivity index is 1.37. The fourth-order valence-corrected chi connectivity index (χ4v) is 4.08. The number of benzene rings is 2. The lowest BCUT2D eigenvalue weighted by Crippen LogP contribution is -2.44. The van der Waals surface area contributed by atoms with E-state index in [-0.39, 0.29) is 17.2 Å². The molecule has 0 radical (unpaired) electrons. The molecule has 2 amide bonds. The molecule has 0 saturated carbocycles. The van der Waals surface area contributed by atoms with Gasteiger partial charge in [0.25, 0.3) is 5.91 Å². The average Bonchev–Trinajstić information content (AvgIpc) is 3.36. The van der Waals surface area contributed by atoms with Gasteiger partial charge in [-0.3, -0.25) is 9.59 Å². The summed E-state index contributed by atoms with van der Waals surface area (Å²) < 4.78 is 7.43. The van der Waals surface area contributed by atoms with Crippen molar-refractivity contribution in [1.82, 2.24) is 14.9 Å².